The number of pyridine rings is 1. The molecule has 3 heterocycles. The number of rotatable bonds is 5. The van der Waals surface area contributed by atoms with Gasteiger partial charge in [-0.15, -0.1) is 0 Å². The molecule has 3 aromatic heterocycles. The van der Waals surface area contributed by atoms with Crippen LogP contribution in [0.3, 0.4) is 0 Å². The van der Waals surface area contributed by atoms with Crippen molar-refractivity contribution in [3.63, 3.8) is 0 Å². The molecule has 44 heavy (non-hydrogen) atoms. The molecule has 0 bridgehead atoms. The summed E-state index contributed by atoms with van der Waals surface area (Å²) >= 11 is 0. The zero-order chi connectivity index (χ0) is 29.5. The zero-order valence-electron chi connectivity index (χ0n) is 24.1. The minimum Gasteiger partial charge on any atom is -0.309 e. The van der Waals surface area contributed by atoms with Gasteiger partial charge in [-0.25, -0.2) is 15.0 Å². The maximum Gasteiger partial charge on any atom is 0.164 e. The van der Waals surface area contributed by atoms with Gasteiger partial charge < -0.3 is 4.57 Å². The van der Waals surface area contributed by atoms with Crippen molar-refractivity contribution < 1.29 is 0 Å². The summed E-state index contributed by atoms with van der Waals surface area (Å²) in [6.45, 7) is 2.14. The van der Waals surface area contributed by atoms with Crippen molar-refractivity contribution in [2.24, 2.45) is 0 Å². The largest absolute Gasteiger partial charge is 0.309 e. The van der Waals surface area contributed by atoms with Crippen molar-refractivity contribution in [1.82, 2.24) is 24.5 Å². The first-order valence-electron chi connectivity index (χ1n) is 14.6. The Hall–Kier alpha value is -5.94. The maximum absolute atomic E-state index is 5.02. The number of hydrogen-bond acceptors (Lipinski definition) is 4. The van der Waals surface area contributed by atoms with Crippen LogP contribution in [0.25, 0.3) is 72.8 Å². The third-order valence-corrected chi connectivity index (χ3v) is 8.02. The van der Waals surface area contributed by atoms with E-state index in [0.29, 0.717) is 17.5 Å². The summed E-state index contributed by atoms with van der Waals surface area (Å²) in [7, 11) is 0. The normalized spacial score (nSPS) is 11.3. The predicted octanol–water partition coefficient (Wildman–Crippen LogP) is 9.34. The standard InChI is InChI=1S/C39H27N5/c1-26-16-19-35-33(24-26)32-14-8-9-15-34(32)44(35)36-25-30(17-18-31(36)27-20-22-40-23-21-27)39-42-37(28-10-4-2-5-11-28)41-38(43-39)29-12-6-3-7-13-29/h2-25H,1H3. The van der Waals surface area contributed by atoms with E-state index in [1.165, 1.54) is 16.3 Å². The first-order chi connectivity index (χ1) is 21.7. The van der Waals surface area contributed by atoms with Crippen LogP contribution in [-0.4, -0.2) is 24.5 Å². The van der Waals surface area contributed by atoms with E-state index in [0.717, 1.165) is 44.5 Å². The zero-order valence-corrected chi connectivity index (χ0v) is 24.1. The van der Waals surface area contributed by atoms with Crippen LogP contribution in [0.5, 0.6) is 0 Å². The van der Waals surface area contributed by atoms with Gasteiger partial charge in [0.15, 0.2) is 17.5 Å². The molecule has 0 amide bonds. The fourth-order valence-corrected chi connectivity index (χ4v) is 5.92. The highest BCUT2D eigenvalue weighted by Crippen LogP contribution is 2.38. The van der Waals surface area contributed by atoms with Crippen molar-refractivity contribution >= 4 is 21.8 Å². The van der Waals surface area contributed by atoms with E-state index in [4.69, 9.17) is 15.0 Å². The molecule has 0 aliphatic heterocycles. The molecule has 208 valence electrons. The molecule has 0 radical (unpaired) electrons. The molecule has 0 saturated carbocycles. The van der Waals surface area contributed by atoms with Crippen LogP contribution in [0.1, 0.15) is 5.56 Å². The molecule has 8 aromatic rings. The monoisotopic (exact) mass is 565 g/mol. The van der Waals surface area contributed by atoms with Gasteiger partial charge in [0, 0.05) is 45.4 Å². The van der Waals surface area contributed by atoms with Crippen LogP contribution in [0.15, 0.2) is 146 Å². The molecule has 0 unspecified atom stereocenters. The smallest absolute Gasteiger partial charge is 0.164 e. The van der Waals surface area contributed by atoms with Crippen LogP contribution in [0, 0.1) is 6.92 Å². The molecular formula is C39H27N5. The summed E-state index contributed by atoms with van der Waals surface area (Å²) in [4.78, 5) is 19.2. The van der Waals surface area contributed by atoms with Gasteiger partial charge in [0.25, 0.3) is 0 Å². The Kier molecular flexibility index (Phi) is 6.27. The second kappa shape index (κ2) is 10.7. The van der Waals surface area contributed by atoms with E-state index in [2.05, 4.69) is 89.3 Å². The summed E-state index contributed by atoms with van der Waals surface area (Å²) < 4.78 is 2.36. The quantitative estimate of drug-likeness (QED) is 0.209. The predicted molar refractivity (Wildman–Crippen MR) is 178 cm³/mol. The van der Waals surface area contributed by atoms with Crippen molar-refractivity contribution in [3.8, 4) is 51.0 Å². The Bertz CT molecular complexity index is 2220. The van der Waals surface area contributed by atoms with Crippen molar-refractivity contribution in [2.45, 2.75) is 6.92 Å². The topological polar surface area (TPSA) is 56.5 Å². The summed E-state index contributed by atoms with van der Waals surface area (Å²) in [6, 6.07) is 46.0. The van der Waals surface area contributed by atoms with Gasteiger partial charge in [0.2, 0.25) is 0 Å². The molecule has 0 saturated heterocycles. The highest BCUT2D eigenvalue weighted by molar-refractivity contribution is 6.10. The lowest BCUT2D eigenvalue weighted by molar-refractivity contribution is 1.07. The SMILES string of the molecule is Cc1ccc2c(c1)c1ccccc1n2-c1cc(-c2nc(-c3ccccc3)nc(-c3ccccc3)n2)ccc1-c1ccncc1. The van der Waals surface area contributed by atoms with Gasteiger partial charge in [-0.2, -0.15) is 0 Å². The second-order valence-electron chi connectivity index (χ2n) is 10.9. The maximum atomic E-state index is 5.02. The van der Waals surface area contributed by atoms with Crippen LogP contribution in [0.4, 0.5) is 0 Å². The first kappa shape index (κ1) is 25.7. The molecule has 0 aliphatic rings. The fraction of sp³-hybridized carbons (Fsp3) is 0.0256. The molecular weight excluding hydrogens is 538 g/mol. The minimum absolute atomic E-state index is 0.622. The van der Waals surface area contributed by atoms with Gasteiger partial charge in [0.1, 0.15) is 0 Å². The number of benzene rings is 5. The van der Waals surface area contributed by atoms with Gasteiger partial charge >= 0.3 is 0 Å². The van der Waals surface area contributed by atoms with E-state index in [9.17, 15) is 0 Å². The summed E-state index contributed by atoms with van der Waals surface area (Å²) in [5.74, 6) is 1.90. The molecule has 5 nitrogen and oxygen atoms in total. The molecule has 0 N–H and O–H groups in total. The second-order valence-corrected chi connectivity index (χ2v) is 10.9. The van der Waals surface area contributed by atoms with Gasteiger partial charge in [-0.05, 0) is 48.9 Å². The lowest BCUT2D eigenvalue weighted by Gasteiger charge is -2.16. The molecule has 0 atom stereocenters. The molecule has 5 aromatic carbocycles. The Morgan fingerprint density at radius 1 is 0.455 bits per heavy atom. The number of para-hydroxylation sites is 1. The highest BCUT2D eigenvalue weighted by Gasteiger charge is 2.19. The fourth-order valence-electron chi connectivity index (χ4n) is 5.92. The molecule has 5 heteroatoms. The molecule has 0 fully saturated rings. The van der Waals surface area contributed by atoms with Crippen LogP contribution < -0.4 is 0 Å². The van der Waals surface area contributed by atoms with E-state index in [1.807, 2.05) is 73.1 Å². The Balaban J connectivity index is 1.41. The number of fused-ring (bicyclic) bond motifs is 3. The average Bonchev–Trinajstić information content (AvgIpc) is 3.42. The summed E-state index contributed by atoms with van der Waals surface area (Å²) in [6.07, 6.45) is 3.68. The number of hydrogen-bond donors (Lipinski definition) is 0. The van der Waals surface area contributed by atoms with Crippen LogP contribution in [-0.2, 0) is 0 Å². The minimum atomic E-state index is 0.622. The van der Waals surface area contributed by atoms with E-state index in [1.54, 1.807) is 0 Å². The van der Waals surface area contributed by atoms with E-state index >= 15 is 0 Å². The lowest BCUT2D eigenvalue weighted by atomic mass is 10.0. The number of nitrogens with zero attached hydrogens (tertiary/aromatic N) is 5. The summed E-state index contributed by atoms with van der Waals surface area (Å²) in [5, 5.41) is 2.44. The first-order valence-corrected chi connectivity index (χ1v) is 14.6. The summed E-state index contributed by atoms with van der Waals surface area (Å²) in [5.41, 5.74) is 9.56. The van der Waals surface area contributed by atoms with E-state index < -0.39 is 0 Å². The van der Waals surface area contributed by atoms with Gasteiger partial charge in [0.05, 0.1) is 16.7 Å². The lowest BCUT2D eigenvalue weighted by Crippen LogP contribution is -2.02. The number of aromatic nitrogens is 5. The van der Waals surface area contributed by atoms with Crippen molar-refractivity contribution in [2.75, 3.05) is 0 Å². The number of aryl methyl sites for hydroxylation is 1. The van der Waals surface area contributed by atoms with Crippen LogP contribution in [0.2, 0.25) is 0 Å². The molecule has 8 rings (SSSR count). The third-order valence-electron chi connectivity index (χ3n) is 8.02. The Labute approximate surface area is 255 Å². The highest BCUT2D eigenvalue weighted by atomic mass is 15.0. The van der Waals surface area contributed by atoms with E-state index in [-0.39, 0.29) is 0 Å². The third kappa shape index (κ3) is 4.52. The Morgan fingerprint density at radius 3 is 1.73 bits per heavy atom. The average molecular weight is 566 g/mol. The molecule has 0 aliphatic carbocycles. The Morgan fingerprint density at radius 2 is 1.05 bits per heavy atom. The van der Waals surface area contributed by atoms with Crippen LogP contribution >= 0.6 is 0 Å². The molecule has 0 spiro atoms. The van der Waals surface area contributed by atoms with Crippen molar-refractivity contribution in [1.29, 1.82) is 0 Å². The van der Waals surface area contributed by atoms with Gasteiger partial charge in [-0.3, -0.25) is 4.98 Å². The van der Waals surface area contributed by atoms with Gasteiger partial charge in [-0.1, -0.05) is 103 Å². The van der Waals surface area contributed by atoms with Crippen molar-refractivity contribution in [3.05, 3.63) is 151 Å².